The molecule has 1 unspecified atom stereocenters. The molecule has 4 heteroatoms. The van der Waals surface area contributed by atoms with Gasteiger partial charge in [0.2, 0.25) is 0 Å². The van der Waals surface area contributed by atoms with Crippen molar-refractivity contribution in [1.82, 2.24) is 10.3 Å². The summed E-state index contributed by atoms with van der Waals surface area (Å²) in [4.78, 5) is 18.4. The van der Waals surface area contributed by atoms with E-state index in [0.717, 1.165) is 16.7 Å². The van der Waals surface area contributed by atoms with Gasteiger partial charge < -0.3 is 5.32 Å². The third-order valence-corrected chi connectivity index (χ3v) is 5.87. The maximum Gasteiger partial charge on any atom is 0.252 e. The van der Waals surface area contributed by atoms with Gasteiger partial charge in [0.05, 0.1) is 22.8 Å². The molecule has 1 aromatic heterocycles. The van der Waals surface area contributed by atoms with Gasteiger partial charge in [0.15, 0.2) is 0 Å². The zero-order chi connectivity index (χ0) is 23.3. The Morgan fingerprint density at radius 1 is 0.794 bits per heavy atom. The molecule has 0 fully saturated rings. The number of halogens is 1. The average molecular weight is 447 g/mol. The Bertz CT molecular complexity index is 1420. The molecule has 1 heterocycles. The number of carbonyl (C=O) groups is 1. The lowest BCUT2D eigenvalue weighted by molar-refractivity contribution is 0.0938. The highest BCUT2D eigenvalue weighted by molar-refractivity contribution is 6.07. The molecule has 0 aliphatic rings. The quantitative estimate of drug-likeness (QED) is 0.313. The Kier molecular flexibility index (Phi) is 6.13. The van der Waals surface area contributed by atoms with Gasteiger partial charge in [0.25, 0.3) is 5.91 Å². The van der Waals surface area contributed by atoms with Gasteiger partial charge in [0.1, 0.15) is 5.82 Å². The van der Waals surface area contributed by atoms with Gasteiger partial charge in [-0.15, -0.1) is 0 Å². The fourth-order valence-corrected chi connectivity index (χ4v) is 4.17. The second-order valence-corrected chi connectivity index (χ2v) is 8.21. The van der Waals surface area contributed by atoms with Crippen molar-refractivity contribution in [3.63, 3.8) is 0 Å². The van der Waals surface area contributed by atoms with Crippen LogP contribution in [0, 0.1) is 5.82 Å². The SMILES string of the molecule is O=C(NC(Cc1ccccc1)c1ccccc1)c1cc(-c2ccccc2)nc2ccc(F)cc12. The van der Waals surface area contributed by atoms with Crippen molar-refractivity contribution < 1.29 is 9.18 Å². The van der Waals surface area contributed by atoms with E-state index in [2.05, 4.69) is 10.3 Å². The molecule has 0 saturated heterocycles. The van der Waals surface area contributed by atoms with E-state index >= 15 is 0 Å². The summed E-state index contributed by atoms with van der Waals surface area (Å²) >= 11 is 0. The Hall–Kier alpha value is -4.31. The molecule has 0 saturated carbocycles. The molecular weight excluding hydrogens is 423 g/mol. The maximum atomic E-state index is 14.2. The molecule has 4 aromatic carbocycles. The van der Waals surface area contributed by atoms with E-state index in [0.29, 0.717) is 28.6 Å². The van der Waals surface area contributed by atoms with E-state index in [4.69, 9.17) is 0 Å². The van der Waals surface area contributed by atoms with E-state index in [1.165, 1.54) is 12.1 Å². The first-order valence-electron chi connectivity index (χ1n) is 11.2. The topological polar surface area (TPSA) is 42.0 Å². The Morgan fingerprint density at radius 3 is 2.15 bits per heavy atom. The zero-order valence-corrected chi connectivity index (χ0v) is 18.5. The minimum Gasteiger partial charge on any atom is -0.345 e. The lowest BCUT2D eigenvalue weighted by Gasteiger charge is -2.20. The standard InChI is InChI=1S/C30H23FN2O/c31-24-16-17-27-25(19-24)26(20-29(32-27)23-14-8-3-9-15-23)30(34)33-28(22-12-6-2-7-13-22)18-21-10-4-1-5-11-21/h1-17,19-20,28H,18H2,(H,33,34). The number of aromatic nitrogens is 1. The van der Waals surface area contributed by atoms with Crippen LogP contribution in [0.5, 0.6) is 0 Å². The molecule has 0 aliphatic heterocycles. The lowest BCUT2D eigenvalue weighted by atomic mass is 9.97. The Morgan fingerprint density at radius 2 is 1.44 bits per heavy atom. The van der Waals surface area contributed by atoms with Gasteiger partial charge >= 0.3 is 0 Å². The maximum absolute atomic E-state index is 14.2. The summed E-state index contributed by atoms with van der Waals surface area (Å²) in [5.41, 5.74) is 4.67. The van der Waals surface area contributed by atoms with E-state index in [1.807, 2.05) is 91.0 Å². The molecule has 1 atom stereocenters. The number of nitrogens with one attached hydrogen (secondary N) is 1. The highest BCUT2D eigenvalue weighted by Gasteiger charge is 2.20. The fraction of sp³-hybridized carbons (Fsp3) is 0.0667. The fourth-order valence-electron chi connectivity index (χ4n) is 4.17. The monoisotopic (exact) mass is 446 g/mol. The number of fused-ring (bicyclic) bond motifs is 1. The summed E-state index contributed by atoms with van der Waals surface area (Å²) in [5, 5.41) is 3.69. The van der Waals surface area contributed by atoms with Crippen molar-refractivity contribution in [3.8, 4) is 11.3 Å². The second kappa shape index (κ2) is 9.67. The summed E-state index contributed by atoms with van der Waals surface area (Å²) in [7, 11) is 0. The normalized spacial score (nSPS) is 11.8. The number of hydrogen-bond acceptors (Lipinski definition) is 2. The minimum absolute atomic E-state index is 0.243. The molecule has 5 rings (SSSR count). The third-order valence-electron chi connectivity index (χ3n) is 5.87. The summed E-state index contributed by atoms with van der Waals surface area (Å²) in [6.45, 7) is 0. The molecule has 0 radical (unpaired) electrons. The molecule has 1 amide bonds. The number of amides is 1. The highest BCUT2D eigenvalue weighted by Crippen LogP contribution is 2.27. The largest absolute Gasteiger partial charge is 0.345 e. The number of hydrogen-bond donors (Lipinski definition) is 1. The van der Waals surface area contributed by atoms with Gasteiger partial charge in [-0.1, -0.05) is 91.0 Å². The number of pyridine rings is 1. The van der Waals surface area contributed by atoms with Crippen LogP contribution in [-0.4, -0.2) is 10.9 Å². The van der Waals surface area contributed by atoms with Crippen molar-refractivity contribution in [3.05, 3.63) is 138 Å². The van der Waals surface area contributed by atoms with Crippen LogP contribution in [-0.2, 0) is 6.42 Å². The highest BCUT2D eigenvalue weighted by atomic mass is 19.1. The van der Waals surface area contributed by atoms with Gasteiger partial charge in [-0.25, -0.2) is 9.37 Å². The smallest absolute Gasteiger partial charge is 0.252 e. The molecule has 0 aliphatic carbocycles. The summed E-state index contributed by atoms with van der Waals surface area (Å²) < 4.78 is 14.2. The van der Waals surface area contributed by atoms with Crippen LogP contribution in [0.2, 0.25) is 0 Å². The van der Waals surface area contributed by atoms with Gasteiger partial charge in [-0.2, -0.15) is 0 Å². The van der Waals surface area contributed by atoms with Crippen LogP contribution in [0.3, 0.4) is 0 Å². The summed E-state index contributed by atoms with van der Waals surface area (Å²) in [6, 6.07) is 35.5. The minimum atomic E-state index is -0.403. The Balaban J connectivity index is 1.56. The van der Waals surface area contributed by atoms with Crippen molar-refractivity contribution in [2.24, 2.45) is 0 Å². The van der Waals surface area contributed by atoms with Crippen molar-refractivity contribution in [1.29, 1.82) is 0 Å². The molecule has 0 spiro atoms. The van der Waals surface area contributed by atoms with Gasteiger partial charge in [-0.05, 0) is 41.8 Å². The van der Waals surface area contributed by atoms with Crippen LogP contribution < -0.4 is 5.32 Å². The van der Waals surface area contributed by atoms with Crippen LogP contribution in [0.1, 0.15) is 27.5 Å². The molecule has 0 bridgehead atoms. The van der Waals surface area contributed by atoms with E-state index in [9.17, 15) is 9.18 Å². The van der Waals surface area contributed by atoms with Gasteiger partial charge in [-0.3, -0.25) is 4.79 Å². The Labute approximate surface area is 197 Å². The lowest BCUT2D eigenvalue weighted by Crippen LogP contribution is -2.30. The van der Waals surface area contributed by atoms with Crippen LogP contribution in [0.15, 0.2) is 115 Å². The van der Waals surface area contributed by atoms with Gasteiger partial charge in [0, 0.05) is 10.9 Å². The first kappa shape index (κ1) is 21.5. The molecule has 1 N–H and O–H groups in total. The molecular formula is C30H23FN2O. The van der Waals surface area contributed by atoms with Crippen molar-refractivity contribution >= 4 is 16.8 Å². The van der Waals surface area contributed by atoms with E-state index in [1.54, 1.807) is 12.1 Å². The molecule has 5 aromatic rings. The van der Waals surface area contributed by atoms with Crippen molar-refractivity contribution in [2.45, 2.75) is 12.5 Å². The second-order valence-electron chi connectivity index (χ2n) is 8.21. The van der Waals surface area contributed by atoms with Crippen LogP contribution >= 0.6 is 0 Å². The predicted octanol–water partition coefficient (Wildman–Crippen LogP) is 6.75. The predicted molar refractivity (Wildman–Crippen MR) is 134 cm³/mol. The van der Waals surface area contributed by atoms with Crippen LogP contribution in [0.4, 0.5) is 4.39 Å². The first-order chi connectivity index (χ1) is 16.7. The number of benzene rings is 4. The third kappa shape index (κ3) is 4.71. The number of rotatable bonds is 6. The first-order valence-corrected chi connectivity index (χ1v) is 11.2. The molecule has 166 valence electrons. The molecule has 34 heavy (non-hydrogen) atoms. The number of nitrogens with zero attached hydrogens (tertiary/aromatic N) is 1. The van der Waals surface area contributed by atoms with E-state index < -0.39 is 5.82 Å². The molecule has 3 nitrogen and oxygen atoms in total. The summed E-state index contributed by atoms with van der Waals surface area (Å²) in [6.07, 6.45) is 0.638. The van der Waals surface area contributed by atoms with Crippen LogP contribution in [0.25, 0.3) is 22.2 Å². The average Bonchev–Trinajstić information content (AvgIpc) is 2.89. The summed E-state index contributed by atoms with van der Waals surface area (Å²) in [5.74, 6) is -0.667. The number of carbonyl (C=O) groups excluding carboxylic acids is 1. The van der Waals surface area contributed by atoms with E-state index in [-0.39, 0.29) is 11.9 Å². The zero-order valence-electron chi connectivity index (χ0n) is 18.5. The van der Waals surface area contributed by atoms with Crippen molar-refractivity contribution in [2.75, 3.05) is 0 Å².